The molecule has 2 saturated carbocycles. The molecule has 2 aliphatic carbocycles. The van der Waals surface area contributed by atoms with E-state index >= 15 is 0 Å². The second-order valence-electron chi connectivity index (χ2n) is 6.00. The van der Waals surface area contributed by atoms with Crippen LogP contribution in [0.2, 0.25) is 0 Å². The summed E-state index contributed by atoms with van der Waals surface area (Å²) in [7, 11) is 0. The quantitative estimate of drug-likeness (QED) is 0.791. The van der Waals surface area contributed by atoms with Crippen molar-refractivity contribution in [2.45, 2.75) is 70.3 Å². The zero-order valence-electron chi connectivity index (χ0n) is 11.1. The average Bonchev–Trinajstić information content (AvgIpc) is 2.73. The van der Waals surface area contributed by atoms with Gasteiger partial charge in [-0.2, -0.15) is 0 Å². The molecule has 0 spiro atoms. The molecule has 0 aromatic carbocycles. The van der Waals surface area contributed by atoms with E-state index in [4.69, 9.17) is 0 Å². The number of hydrogen-bond acceptors (Lipinski definition) is 2. The van der Waals surface area contributed by atoms with Gasteiger partial charge in [-0.15, -0.1) is 0 Å². The Labute approximate surface area is 108 Å². The summed E-state index contributed by atoms with van der Waals surface area (Å²) in [4.78, 5) is 23.5. The number of hydrogen-bond donors (Lipinski definition) is 2. The van der Waals surface area contributed by atoms with Crippen LogP contribution in [0, 0.1) is 5.41 Å². The van der Waals surface area contributed by atoms with Crippen LogP contribution in [0.3, 0.4) is 0 Å². The van der Waals surface area contributed by atoms with Gasteiger partial charge in [-0.05, 0) is 38.5 Å². The molecule has 2 N–H and O–H groups in total. The zero-order valence-corrected chi connectivity index (χ0v) is 11.1. The Morgan fingerprint density at radius 3 is 2.11 bits per heavy atom. The van der Waals surface area contributed by atoms with Crippen LogP contribution in [0.5, 0.6) is 0 Å². The fraction of sp³-hybridized carbons (Fsp3) is 0.857. The molecule has 0 bridgehead atoms. The molecule has 0 heterocycles. The Kier molecular flexibility index (Phi) is 3.64. The molecule has 0 atom stereocenters. The molecular formula is C14H23NO3. The van der Waals surface area contributed by atoms with E-state index < -0.39 is 11.4 Å². The maximum absolute atomic E-state index is 12.1. The first-order valence-electron chi connectivity index (χ1n) is 7.06. The van der Waals surface area contributed by atoms with Crippen LogP contribution < -0.4 is 5.32 Å². The lowest BCUT2D eigenvalue weighted by molar-refractivity contribution is -0.152. The van der Waals surface area contributed by atoms with E-state index in [1.165, 1.54) is 0 Å². The maximum Gasteiger partial charge on any atom is 0.310 e. The lowest BCUT2D eigenvalue weighted by Crippen LogP contribution is -2.54. The normalized spacial score (nSPS) is 24.3. The summed E-state index contributed by atoms with van der Waals surface area (Å²) in [6, 6.07) is 0. The number of carbonyl (C=O) groups is 2. The number of nitrogens with one attached hydrogen (secondary N) is 1. The van der Waals surface area contributed by atoms with Crippen molar-refractivity contribution in [1.82, 2.24) is 5.32 Å². The Hall–Kier alpha value is -1.06. The minimum absolute atomic E-state index is 0.0324. The fourth-order valence-electron chi connectivity index (χ4n) is 3.34. The number of rotatable bonds is 5. The molecule has 102 valence electrons. The zero-order chi connectivity index (χ0) is 13.2. The van der Waals surface area contributed by atoms with E-state index in [9.17, 15) is 14.7 Å². The predicted octanol–water partition coefficient (Wildman–Crippen LogP) is 2.47. The van der Waals surface area contributed by atoms with Crippen LogP contribution in [0.25, 0.3) is 0 Å². The van der Waals surface area contributed by atoms with Crippen LogP contribution in [0.1, 0.15) is 64.7 Å². The lowest BCUT2D eigenvalue weighted by atomic mass is 9.74. The first-order valence-corrected chi connectivity index (χ1v) is 7.06. The minimum Gasteiger partial charge on any atom is -0.481 e. The summed E-state index contributed by atoms with van der Waals surface area (Å²) in [5, 5.41) is 12.4. The number of aliphatic carboxylic acids is 1. The van der Waals surface area contributed by atoms with E-state index in [0.29, 0.717) is 12.8 Å². The van der Waals surface area contributed by atoms with E-state index in [1.807, 2.05) is 0 Å². The van der Waals surface area contributed by atoms with Crippen molar-refractivity contribution < 1.29 is 14.7 Å². The molecule has 4 nitrogen and oxygen atoms in total. The third-order valence-electron chi connectivity index (χ3n) is 4.91. The molecular weight excluding hydrogens is 230 g/mol. The van der Waals surface area contributed by atoms with E-state index in [2.05, 4.69) is 12.2 Å². The highest BCUT2D eigenvalue weighted by Crippen LogP contribution is 2.42. The van der Waals surface area contributed by atoms with Crippen LogP contribution >= 0.6 is 0 Å². The third-order valence-corrected chi connectivity index (χ3v) is 4.91. The van der Waals surface area contributed by atoms with Crippen molar-refractivity contribution in [3.63, 3.8) is 0 Å². The number of amides is 1. The van der Waals surface area contributed by atoms with Gasteiger partial charge in [0.05, 0.1) is 5.41 Å². The van der Waals surface area contributed by atoms with Crippen molar-refractivity contribution >= 4 is 11.9 Å². The standard InChI is InChI=1S/C14H23NO3/c1-2-14(8-5-9-14)15-11(16)10-13(12(17)18)6-3-4-7-13/h2-10H2,1H3,(H,15,16)(H,17,18). The highest BCUT2D eigenvalue weighted by atomic mass is 16.4. The molecule has 0 aliphatic heterocycles. The van der Waals surface area contributed by atoms with Gasteiger partial charge in [0.15, 0.2) is 0 Å². The van der Waals surface area contributed by atoms with Gasteiger partial charge in [-0.25, -0.2) is 0 Å². The van der Waals surface area contributed by atoms with Gasteiger partial charge in [0.1, 0.15) is 0 Å². The third kappa shape index (κ3) is 2.38. The Morgan fingerprint density at radius 2 is 1.72 bits per heavy atom. The second kappa shape index (κ2) is 4.90. The largest absolute Gasteiger partial charge is 0.481 e. The van der Waals surface area contributed by atoms with Gasteiger partial charge in [-0.3, -0.25) is 9.59 Å². The number of carboxylic acid groups (broad SMARTS) is 1. The number of carboxylic acids is 1. The van der Waals surface area contributed by atoms with Crippen molar-refractivity contribution in [3.05, 3.63) is 0 Å². The summed E-state index contributed by atoms with van der Waals surface area (Å²) >= 11 is 0. The Morgan fingerprint density at radius 1 is 1.11 bits per heavy atom. The van der Waals surface area contributed by atoms with Crippen LogP contribution in [0.15, 0.2) is 0 Å². The predicted molar refractivity (Wildman–Crippen MR) is 68.2 cm³/mol. The highest BCUT2D eigenvalue weighted by molar-refractivity contribution is 5.85. The Bertz CT molecular complexity index is 335. The molecule has 1 amide bonds. The van der Waals surface area contributed by atoms with Crippen molar-refractivity contribution in [2.24, 2.45) is 5.41 Å². The van der Waals surface area contributed by atoms with Gasteiger partial charge in [0.2, 0.25) is 5.91 Å². The van der Waals surface area contributed by atoms with Crippen molar-refractivity contribution in [1.29, 1.82) is 0 Å². The Balaban J connectivity index is 1.95. The summed E-state index contributed by atoms with van der Waals surface area (Å²) < 4.78 is 0. The fourth-order valence-corrected chi connectivity index (χ4v) is 3.34. The lowest BCUT2D eigenvalue weighted by Gasteiger charge is -2.42. The second-order valence-corrected chi connectivity index (χ2v) is 6.00. The van der Waals surface area contributed by atoms with Gasteiger partial charge >= 0.3 is 5.97 Å². The highest BCUT2D eigenvalue weighted by Gasteiger charge is 2.44. The van der Waals surface area contributed by atoms with Crippen LogP contribution in [-0.4, -0.2) is 22.5 Å². The SMILES string of the molecule is CCC1(NC(=O)CC2(C(=O)O)CCCC2)CCC1. The van der Waals surface area contributed by atoms with Crippen molar-refractivity contribution in [2.75, 3.05) is 0 Å². The first kappa shape index (κ1) is 13.4. The van der Waals surface area contributed by atoms with Gasteiger partial charge in [0.25, 0.3) is 0 Å². The molecule has 2 rings (SSSR count). The van der Waals surface area contributed by atoms with E-state index in [1.54, 1.807) is 0 Å². The number of carbonyl (C=O) groups excluding carboxylic acids is 1. The average molecular weight is 253 g/mol. The minimum atomic E-state index is -0.797. The van der Waals surface area contributed by atoms with Gasteiger partial charge < -0.3 is 10.4 Å². The monoisotopic (exact) mass is 253 g/mol. The topological polar surface area (TPSA) is 66.4 Å². The summed E-state index contributed by atoms with van der Waals surface area (Å²) in [5.41, 5.74) is -0.821. The molecule has 0 aromatic heterocycles. The molecule has 0 radical (unpaired) electrons. The smallest absolute Gasteiger partial charge is 0.310 e. The molecule has 18 heavy (non-hydrogen) atoms. The summed E-state index contributed by atoms with van der Waals surface area (Å²) in [6.45, 7) is 2.09. The van der Waals surface area contributed by atoms with E-state index in [0.717, 1.165) is 38.5 Å². The summed E-state index contributed by atoms with van der Waals surface area (Å²) in [6.07, 6.45) is 7.49. The van der Waals surface area contributed by atoms with Crippen LogP contribution in [-0.2, 0) is 9.59 Å². The van der Waals surface area contributed by atoms with E-state index in [-0.39, 0.29) is 17.9 Å². The summed E-state index contributed by atoms with van der Waals surface area (Å²) in [5.74, 6) is -0.866. The van der Waals surface area contributed by atoms with Gasteiger partial charge in [-0.1, -0.05) is 19.8 Å². The first-order chi connectivity index (χ1) is 8.52. The molecule has 2 aliphatic rings. The van der Waals surface area contributed by atoms with Crippen molar-refractivity contribution in [3.8, 4) is 0 Å². The molecule has 4 heteroatoms. The van der Waals surface area contributed by atoms with Crippen LogP contribution in [0.4, 0.5) is 0 Å². The molecule has 0 saturated heterocycles. The molecule has 0 aromatic rings. The van der Waals surface area contributed by atoms with Gasteiger partial charge in [0, 0.05) is 12.0 Å². The molecule has 0 unspecified atom stereocenters. The maximum atomic E-state index is 12.1. The molecule has 2 fully saturated rings.